The van der Waals surface area contributed by atoms with Crippen LogP contribution in [0, 0.1) is 0 Å². The summed E-state index contributed by atoms with van der Waals surface area (Å²) in [4.78, 5) is 8.05. The maximum absolute atomic E-state index is 5.74. The maximum Gasteiger partial charge on any atom is 0.197 e. The molecule has 0 bridgehead atoms. The molecule has 0 aliphatic heterocycles. The summed E-state index contributed by atoms with van der Waals surface area (Å²) in [6.45, 7) is 0. The van der Waals surface area contributed by atoms with Gasteiger partial charge in [-0.3, -0.25) is 4.68 Å². The third kappa shape index (κ3) is 2.16. The lowest BCUT2D eigenvalue weighted by molar-refractivity contribution is 0.737. The van der Waals surface area contributed by atoms with Gasteiger partial charge >= 0.3 is 0 Å². The minimum atomic E-state index is 0.324. The standard InChI is InChI=1S/C8H11N7S/c1-15-3-4(9)7(14-15)16-8-12-5(10)2-6(11)13-8/h2-3H,9H2,1H3,(H4,10,11,12,13). The Morgan fingerprint density at radius 1 is 1.19 bits per heavy atom. The number of hydrogen-bond donors (Lipinski definition) is 3. The normalized spacial score (nSPS) is 10.6. The van der Waals surface area contributed by atoms with Crippen LogP contribution in [0.15, 0.2) is 22.4 Å². The Bertz CT molecular complexity index is 501. The molecule has 0 atom stereocenters. The molecule has 0 aliphatic rings. The van der Waals surface area contributed by atoms with E-state index >= 15 is 0 Å². The fraction of sp³-hybridized carbons (Fsp3) is 0.125. The first-order valence-electron chi connectivity index (χ1n) is 4.41. The molecule has 2 aromatic heterocycles. The van der Waals surface area contributed by atoms with Gasteiger partial charge in [0.2, 0.25) is 0 Å². The van der Waals surface area contributed by atoms with E-state index < -0.39 is 0 Å². The van der Waals surface area contributed by atoms with Gasteiger partial charge in [0.15, 0.2) is 5.16 Å². The summed E-state index contributed by atoms with van der Waals surface area (Å²) in [6.07, 6.45) is 1.71. The molecule has 0 saturated heterocycles. The smallest absolute Gasteiger partial charge is 0.197 e. The van der Waals surface area contributed by atoms with Crippen LogP contribution in [0.5, 0.6) is 0 Å². The van der Waals surface area contributed by atoms with Gasteiger partial charge in [-0.1, -0.05) is 0 Å². The molecule has 2 heterocycles. The van der Waals surface area contributed by atoms with Crippen molar-refractivity contribution in [3.8, 4) is 0 Å². The van der Waals surface area contributed by atoms with Crippen molar-refractivity contribution >= 4 is 29.1 Å². The van der Waals surface area contributed by atoms with Crippen LogP contribution in [0.4, 0.5) is 17.3 Å². The van der Waals surface area contributed by atoms with Crippen LogP contribution < -0.4 is 17.2 Å². The quantitative estimate of drug-likeness (QED) is 0.633. The SMILES string of the molecule is Cn1cc(N)c(Sc2nc(N)cc(N)n2)n1. The molecule has 7 nitrogen and oxygen atoms in total. The van der Waals surface area contributed by atoms with Gasteiger partial charge in [0, 0.05) is 19.3 Å². The number of rotatable bonds is 2. The average molecular weight is 237 g/mol. The summed E-state index contributed by atoms with van der Waals surface area (Å²) in [5.74, 6) is 0.647. The van der Waals surface area contributed by atoms with Crippen molar-refractivity contribution in [2.75, 3.05) is 17.2 Å². The fourth-order valence-electron chi connectivity index (χ4n) is 1.16. The Morgan fingerprint density at radius 3 is 2.31 bits per heavy atom. The first-order valence-corrected chi connectivity index (χ1v) is 5.23. The van der Waals surface area contributed by atoms with Crippen molar-refractivity contribution in [3.05, 3.63) is 12.3 Å². The molecule has 0 amide bonds. The second-order valence-corrected chi connectivity index (χ2v) is 4.12. The number of hydrogen-bond acceptors (Lipinski definition) is 7. The second-order valence-electron chi connectivity index (χ2n) is 3.17. The van der Waals surface area contributed by atoms with Crippen molar-refractivity contribution in [3.63, 3.8) is 0 Å². The van der Waals surface area contributed by atoms with Gasteiger partial charge in [-0.05, 0) is 11.8 Å². The third-order valence-electron chi connectivity index (χ3n) is 1.75. The zero-order chi connectivity index (χ0) is 11.7. The lowest BCUT2D eigenvalue weighted by atomic mass is 10.5. The van der Waals surface area contributed by atoms with Crippen LogP contribution in [0.1, 0.15) is 0 Å². The predicted octanol–water partition coefficient (Wildman–Crippen LogP) is 0.108. The van der Waals surface area contributed by atoms with E-state index in [4.69, 9.17) is 17.2 Å². The van der Waals surface area contributed by atoms with Gasteiger partial charge in [0.25, 0.3) is 0 Å². The summed E-state index contributed by atoms with van der Waals surface area (Å²) in [5.41, 5.74) is 17.4. The second kappa shape index (κ2) is 3.89. The molecule has 8 heteroatoms. The van der Waals surface area contributed by atoms with E-state index in [9.17, 15) is 0 Å². The molecule has 0 aromatic carbocycles. The molecule has 0 aliphatic carbocycles. The monoisotopic (exact) mass is 237 g/mol. The molecular formula is C8H11N7S. The van der Waals surface area contributed by atoms with Crippen LogP contribution in [0.3, 0.4) is 0 Å². The van der Waals surface area contributed by atoms with Gasteiger partial charge in [-0.15, -0.1) is 0 Å². The zero-order valence-electron chi connectivity index (χ0n) is 8.58. The van der Waals surface area contributed by atoms with Gasteiger partial charge in [-0.2, -0.15) is 5.10 Å². The molecule has 2 aromatic rings. The van der Waals surface area contributed by atoms with Crippen LogP contribution in [-0.4, -0.2) is 19.7 Å². The Morgan fingerprint density at radius 2 is 1.81 bits per heavy atom. The highest BCUT2D eigenvalue weighted by Crippen LogP contribution is 2.28. The van der Waals surface area contributed by atoms with E-state index in [1.807, 2.05) is 0 Å². The van der Waals surface area contributed by atoms with Gasteiger partial charge < -0.3 is 17.2 Å². The molecule has 0 spiro atoms. The summed E-state index contributed by atoms with van der Waals surface area (Å²) >= 11 is 1.22. The minimum Gasteiger partial charge on any atom is -0.395 e. The van der Waals surface area contributed by atoms with E-state index in [2.05, 4.69) is 15.1 Å². The largest absolute Gasteiger partial charge is 0.395 e. The highest BCUT2D eigenvalue weighted by atomic mass is 32.2. The van der Waals surface area contributed by atoms with Crippen molar-refractivity contribution in [1.82, 2.24) is 19.7 Å². The molecule has 0 fully saturated rings. The van der Waals surface area contributed by atoms with E-state index in [1.54, 1.807) is 17.9 Å². The molecular weight excluding hydrogens is 226 g/mol. The Hall–Kier alpha value is -1.96. The minimum absolute atomic E-state index is 0.324. The van der Waals surface area contributed by atoms with Crippen LogP contribution in [0.2, 0.25) is 0 Å². The number of nitrogens with zero attached hydrogens (tertiary/aromatic N) is 4. The molecule has 0 saturated carbocycles. The highest BCUT2D eigenvalue weighted by molar-refractivity contribution is 7.99. The number of nitrogen functional groups attached to an aromatic ring is 3. The first kappa shape index (κ1) is 10.6. The molecule has 6 N–H and O–H groups in total. The molecule has 0 unspecified atom stereocenters. The van der Waals surface area contributed by atoms with E-state index in [0.29, 0.717) is 27.5 Å². The van der Waals surface area contributed by atoms with Gasteiger partial charge in [0.1, 0.15) is 16.7 Å². The number of anilines is 3. The van der Waals surface area contributed by atoms with Gasteiger partial charge in [-0.25, -0.2) is 9.97 Å². The number of aromatic nitrogens is 4. The fourth-order valence-corrected chi connectivity index (χ4v) is 1.97. The lowest BCUT2D eigenvalue weighted by Crippen LogP contribution is -1.99. The zero-order valence-corrected chi connectivity index (χ0v) is 9.40. The Labute approximate surface area is 96.0 Å². The summed E-state index contributed by atoms with van der Waals surface area (Å²) in [6, 6.07) is 1.49. The summed E-state index contributed by atoms with van der Waals surface area (Å²) in [5, 5.41) is 5.22. The molecule has 16 heavy (non-hydrogen) atoms. The van der Waals surface area contributed by atoms with Crippen LogP contribution >= 0.6 is 11.8 Å². The first-order chi connectivity index (χ1) is 7.54. The van der Waals surface area contributed by atoms with Crippen LogP contribution in [-0.2, 0) is 7.05 Å². The summed E-state index contributed by atoms with van der Waals surface area (Å²) < 4.78 is 1.62. The highest BCUT2D eigenvalue weighted by Gasteiger charge is 2.09. The van der Waals surface area contributed by atoms with Crippen molar-refractivity contribution in [1.29, 1.82) is 0 Å². The van der Waals surface area contributed by atoms with Crippen molar-refractivity contribution in [2.24, 2.45) is 7.05 Å². The van der Waals surface area contributed by atoms with Crippen molar-refractivity contribution < 1.29 is 0 Å². The predicted molar refractivity (Wildman–Crippen MR) is 62.6 cm³/mol. The van der Waals surface area contributed by atoms with Crippen molar-refractivity contribution in [2.45, 2.75) is 10.2 Å². The van der Waals surface area contributed by atoms with Gasteiger partial charge in [0.05, 0.1) is 5.69 Å². The van der Waals surface area contributed by atoms with Crippen LogP contribution in [0.25, 0.3) is 0 Å². The molecule has 84 valence electrons. The maximum atomic E-state index is 5.74. The average Bonchev–Trinajstić information content (AvgIpc) is 2.43. The Balaban J connectivity index is 2.30. The lowest BCUT2D eigenvalue weighted by Gasteiger charge is -2.00. The van der Waals surface area contributed by atoms with E-state index in [1.165, 1.54) is 17.8 Å². The van der Waals surface area contributed by atoms with E-state index in [0.717, 1.165) is 0 Å². The number of nitrogens with two attached hydrogens (primary N) is 3. The molecule has 2 rings (SSSR count). The topological polar surface area (TPSA) is 122 Å². The molecule has 0 radical (unpaired) electrons. The number of aryl methyl sites for hydroxylation is 1. The third-order valence-corrected chi connectivity index (χ3v) is 2.63. The summed E-state index contributed by atoms with van der Waals surface area (Å²) in [7, 11) is 1.79. The Kier molecular flexibility index (Phi) is 2.57. The van der Waals surface area contributed by atoms with E-state index in [-0.39, 0.29) is 0 Å².